The van der Waals surface area contributed by atoms with Gasteiger partial charge in [0.25, 0.3) is 0 Å². The van der Waals surface area contributed by atoms with Crippen molar-refractivity contribution in [2.45, 2.75) is 40.2 Å². The molecule has 1 atom stereocenters. The van der Waals surface area contributed by atoms with Gasteiger partial charge < -0.3 is 10.2 Å². The lowest BCUT2D eigenvalue weighted by atomic mass is 9.95. The monoisotopic (exact) mass is 248 g/mol. The zero-order valence-corrected chi connectivity index (χ0v) is 12.8. The molecule has 0 aromatic heterocycles. The second kappa shape index (κ2) is 6.91. The van der Waals surface area contributed by atoms with E-state index in [1.165, 1.54) is 28.7 Å². The average molecular weight is 248 g/mol. The molecule has 1 rings (SSSR count). The van der Waals surface area contributed by atoms with E-state index in [0.29, 0.717) is 6.04 Å². The lowest BCUT2D eigenvalue weighted by molar-refractivity contribution is 0.389. The molecule has 0 aliphatic carbocycles. The summed E-state index contributed by atoms with van der Waals surface area (Å²) in [6.45, 7) is 11.1. The second-order valence-corrected chi connectivity index (χ2v) is 5.65. The van der Waals surface area contributed by atoms with Crippen LogP contribution < -0.4 is 5.32 Å². The largest absolute Gasteiger partial charge is 0.310 e. The van der Waals surface area contributed by atoms with E-state index in [0.717, 1.165) is 13.1 Å². The van der Waals surface area contributed by atoms with Gasteiger partial charge in [-0.2, -0.15) is 0 Å². The van der Waals surface area contributed by atoms with Crippen molar-refractivity contribution in [2.75, 3.05) is 27.2 Å². The zero-order valence-electron chi connectivity index (χ0n) is 12.8. The number of aryl methyl sites for hydroxylation is 3. The molecule has 1 aromatic rings. The van der Waals surface area contributed by atoms with E-state index in [4.69, 9.17) is 0 Å². The Morgan fingerprint density at radius 3 is 2.17 bits per heavy atom. The van der Waals surface area contributed by atoms with Crippen LogP contribution in [0.3, 0.4) is 0 Å². The van der Waals surface area contributed by atoms with Crippen LogP contribution in [-0.2, 0) is 0 Å². The van der Waals surface area contributed by atoms with Gasteiger partial charge in [0, 0.05) is 6.04 Å². The third-order valence-electron chi connectivity index (χ3n) is 3.40. The highest BCUT2D eigenvalue weighted by Gasteiger charge is 2.11. The Hall–Kier alpha value is -0.860. The Balaban J connectivity index is 2.59. The van der Waals surface area contributed by atoms with E-state index in [-0.39, 0.29) is 0 Å². The van der Waals surface area contributed by atoms with E-state index >= 15 is 0 Å². The summed E-state index contributed by atoms with van der Waals surface area (Å²) in [5.74, 6) is 0. The van der Waals surface area contributed by atoms with Gasteiger partial charge in [-0.05, 0) is 78.0 Å². The van der Waals surface area contributed by atoms with Gasteiger partial charge in [0.2, 0.25) is 0 Å². The van der Waals surface area contributed by atoms with Crippen molar-refractivity contribution in [1.82, 2.24) is 10.2 Å². The summed E-state index contributed by atoms with van der Waals surface area (Å²) in [6, 6.07) is 4.99. The number of hydrogen-bond acceptors (Lipinski definition) is 2. The fourth-order valence-corrected chi connectivity index (χ4v) is 2.69. The van der Waals surface area contributed by atoms with Gasteiger partial charge in [-0.25, -0.2) is 0 Å². The number of nitrogens with zero attached hydrogens (tertiary/aromatic N) is 1. The zero-order chi connectivity index (χ0) is 13.7. The molecule has 0 fully saturated rings. The van der Waals surface area contributed by atoms with E-state index < -0.39 is 0 Å². The van der Waals surface area contributed by atoms with Crippen LogP contribution in [0.2, 0.25) is 0 Å². The van der Waals surface area contributed by atoms with E-state index in [1.54, 1.807) is 0 Å². The smallest absolute Gasteiger partial charge is 0.0297 e. The van der Waals surface area contributed by atoms with Crippen molar-refractivity contribution in [3.63, 3.8) is 0 Å². The normalized spacial score (nSPS) is 13.1. The first-order valence-corrected chi connectivity index (χ1v) is 6.87. The summed E-state index contributed by atoms with van der Waals surface area (Å²) < 4.78 is 0. The van der Waals surface area contributed by atoms with Crippen LogP contribution in [0.1, 0.15) is 41.6 Å². The third kappa shape index (κ3) is 4.43. The lowest BCUT2D eigenvalue weighted by Crippen LogP contribution is -2.24. The standard InChI is InChI=1S/C16H28N2/c1-12-10-13(2)16(14(3)11-12)15(4)17-8-7-9-18(5)6/h10-11,15,17H,7-9H2,1-6H3. The van der Waals surface area contributed by atoms with Gasteiger partial charge in [-0.1, -0.05) is 17.7 Å². The molecule has 0 spiro atoms. The lowest BCUT2D eigenvalue weighted by Gasteiger charge is -2.20. The minimum Gasteiger partial charge on any atom is -0.310 e. The molecule has 18 heavy (non-hydrogen) atoms. The van der Waals surface area contributed by atoms with E-state index in [1.807, 2.05) is 0 Å². The van der Waals surface area contributed by atoms with Gasteiger partial charge in [0.05, 0.1) is 0 Å². The molecule has 1 unspecified atom stereocenters. The first kappa shape index (κ1) is 15.2. The molecular weight excluding hydrogens is 220 g/mol. The molecule has 0 heterocycles. The average Bonchev–Trinajstić information content (AvgIpc) is 2.22. The minimum absolute atomic E-state index is 0.438. The molecule has 1 N–H and O–H groups in total. The SMILES string of the molecule is Cc1cc(C)c(C(C)NCCCN(C)C)c(C)c1. The van der Waals surface area contributed by atoms with Crippen LogP contribution in [0.25, 0.3) is 0 Å². The van der Waals surface area contributed by atoms with Crippen molar-refractivity contribution in [1.29, 1.82) is 0 Å². The maximum absolute atomic E-state index is 3.63. The molecule has 1 aromatic carbocycles. The van der Waals surface area contributed by atoms with Crippen molar-refractivity contribution in [3.05, 3.63) is 34.4 Å². The molecular formula is C16H28N2. The maximum Gasteiger partial charge on any atom is 0.0297 e. The van der Waals surface area contributed by atoms with Gasteiger partial charge in [-0.3, -0.25) is 0 Å². The summed E-state index contributed by atoms with van der Waals surface area (Å²) in [7, 11) is 4.25. The van der Waals surface area contributed by atoms with Crippen LogP contribution in [0.4, 0.5) is 0 Å². The Bertz CT molecular complexity index is 360. The fraction of sp³-hybridized carbons (Fsp3) is 0.625. The quantitative estimate of drug-likeness (QED) is 0.778. The molecule has 0 amide bonds. The second-order valence-electron chi connectivity index (χ2n) is 5.65. The summed E-state index contributed by atoms with van der Waals surface area (Å²) in [5.41, 5.74) is 5.62. The Labute approximate surface area is 112 Å². The van der Waals surface area contributed by atoms with Gasteiger partial charge >= 0.3 is 0 Å². The molecule has 2 nitrogen and oxygen atoms in total. The van der Waals surface area contributed by atoms with Gasteiger partial charge in [-0.15, -0.1) is 0 Å². The molecule has 102 valence electrons. The van der Waals surface area contributed by atoms with E-state index in [2.05, 4.69) is 64.1 Å². The van der Waals surface area contributed by atoms with Gasteiger partial charge in [0.1, 0.15) is 0 Å². The summed E-state index contributed by atoms with van der Waals surface area (Å²) in [4.78, 5) is 2.23. The molecule has 0 aliphatic rings. The predicted molar refractivity (Wildman–Crippen MR) is 80.2 cm³/mol. The summed E-state index contributed by atoms with van der Waals surface area (Å²) in [6.07, 6.45) is 1.20. The predicted octanol–water partition coefficient (Wildman–Crippen LogP) is 3.21. The molecule has 0 radical (unpaired) electrons. The number of benzene rings is 1. The van der Waals surface area contributed by atoms with Gasteiger partial charge in [0.15, 0.2) is 0 Å². The Morgan fingerprint density at radius 1 is 1.11 bits per heavy atom. The number of rotatable bonds is 6. The number of nitrogens with one attached hydrogen (secondary N) is 1. The molecule has 0 bridgehead atoms. The third-order valence-corrected chi connectivity index (χ3v) is 3.40. The van der Waals surface area contributed by atoms with Crippen LogP contribution in [0.5, 0.6) is 0 Å². The molecule has 2 heteroatoms. The Morgan fingerprint density at radius 2 is 1.67 bits per heavy atom. The van der Waals surface area contributed by atoms with Crippen LogP contribution >= 0.6 is 0 Å². The van der Waals surface area contributed by atoms with Crippen molar-refractivity contribution < 1.29 is 0 Å². The highest BCUT2D eigenvalue weighted by molar-refractivity contribution is 5.39. The number of hydrogen-bond donors (Lipinski definition) is 1. The topological polar surface area (TPSA) is 15.3 Å². The van der Waals surface area contributed by atoms with Crippen LogP contribution in [-0.4, -0.2) is 32.1 Å². The minimum atomic E-state index is 0.438. The summed E-state index contributed by atoms with van der Waals surface area (Å²) in [5, 5.41) is 3.63. The van der Waals surface area contributed by atoms with Crippen LogP contribution in [0.15, 0.2) is 12.1 Å². The fourth-order valence-electron chi connectivity index (χ4n) is 2.69. The van der Waals surface area contributed by atoms with Crippen LogP contribution in [0, 0.1) is 20.8 Å². The molecule has 0 saturated carbocycles. The highest BCUT2D eigenvalue weighted by atomic mass is 15.1. The highest BCUT2D eigenvalue weighted by Crippen LogP contribution is 2.23. The summed E-state index contributed by atoms with van der Waals surface area (Å²) >= 11 is 0. The molecule has 0 saturated heterocycles. The first-order chi connectivity index (χ1) is 8.41. The maximum atomic E-state index is 3.63. The van der Waals surface area contributed by atoms with Crippen molar-refractivity contribution in [3.8, 4) is 0 Å². The van der Waals surface area contributed by atoms with Crippen molar-refractivity contribution in [2.24, 2.45) is 0 Å². The first-order valence-electron chi connectivity index (χ1n) is 6.87. The Kier molecular flexibility index (Phi) is 5.83. The van der Waals surface area contributed by atoms with E-state index in [9.17, 15) is 0 Å². The van der Waals surface area contributed by atoms with Crippen molar-refractivity contribution >= 4 is 0 Å². The molecule has 0 aliphatic heterocycles.